The highest BCUT2D eigenvalue weighted by Crippen LogP contribution is 2.41. The molecule has 7 heteroatoms. The lowest BCUT2D eigenvalue weighted by Gasteiger charge is -2.18. The summed E-state index contributed by atoms with van der Waals surface area (Å²) >= 11 is 1.42. The Morgan fingerprint density at radius 1 is 1.34 bits per heavy atom. The maximum absolute atomic E-state index is 12.2. The van der Waals surface area contributed by atoms with E-state index in [1.54, 1.807) is 12.3 Å². The Morgan fingerprint density at radius 2 is 2.21 bits per heavy atom. The minimum Gasteiger partial charge on any atom is -0.483 e. The predicted octanol–water partition coefficient (Wildman–Crippen LogP) is 3.95. The third-order valence-electron chi connectivity index (χ3n) is 4.66. The van der Waals surface area contributed by atoms with Gasteiger partial charge in [-0.15, -0.1) is 11.3 Å². The highest BCUT2D eigenvalue weighted by molar-refractivity contribution is 7.10. The fourth-order valence-corrected chi connectivity index (χ4v) is 4.19. The highest BCUT2D eigenvalue weighted by Gasteiger charge is 2.32. The number of nitrogens with one attached hydrogen (secondary N) is 1. The van der Waals surface area contributed by atoms with Crippen LogP contribution in [0.2, 0.25) is 0 Å². The van der Waals surface area contributed by atoms with Gasteiger partial charge in [0.05, 0.1) is 6.26 Å². The van der Waals surface area contributed by atoms with Crippen molar-refractivity contribution in [1.29, 1.82) is 0 Å². The maximum atomic E-state index is 12.2. The Hall–Kier alpha value is -2.77. The molecule has 3 aromatic rings. The Balaban J connectivity index is 1.29. The summed E-state index contributed by atoms with van der Waals surface area (Å²) in [7, 11) is 0. The Labute approximate surface area is 173 Å². The minimum atomic E-state index is -0.794. The Bertz CT molecular complexity index is 993. The van der Waals surface area contributed by atoms with Gasteiger partial charge < -0.3 is 24.3 Å². The van der Waals surface area contributed by atoms with E-state index in [4.69, 9.17) is 13.9 Å². The summed E-state index contributed by atoms with van der Waals surface area (Å²) in [5.74, 6) is 1.71. The van der Waals surface area contributed by atoms with Crippen LogP contribution in [-0.2, 0) is 11.2 Å². The summed E-state index contributed by atoms with van der Waals surface area (Å²) in [4.78, 5) is 12.9. The summed E-state index contributed by atoms with van der Waals surface area (Å²) in [6, 6.07) is 11.2. The first-order valence-electron chi connectivity index (χ1n) is 9.42. The van der Waals surface area contributed by atoms with Crippen LogP contribution in [0.5, 0.6) is 11.5 Å². The van der Waals surface area contributed by atoms with E-state index in [1.165, 1.54) is 11.3 Å². The number of para-hydroxylation sites is 1. The van der Waals surface area contributed by atoms with Crippen molar-refractivity contribution in [2.45, 2.75) is 32.0 Å². The third kappa shape index (κ3) is 4.46. The van der Waals surface area contributed by atoms with Gasteiger partial charge in [0.1, 0.15) is 17.5 Å². The lowest BCUT2D eigenvalue weighted by Crippen LogP contribution is -2.32. The molecule has 0 bridgehead atoms. The second-order valence-corrected chi connectivity index (χ2v) is 8.55. The Kier molecular flexibility index (Phi) is 5.34. The molecule has 1 aliphatic heterocycles. The van der Waals surface area contributed by atoms with Gasteiger partial charge in [-0.2, -0.15) is 0 Å². The van der Waals surface area contributed by atoms with Crippen molar-refractivity contribution in [2.24, 2.45) is 0 Å². The zero-order chi connectivity index (χ0) is 20.4. The summed E-state index contributed by atoms with van der Waals surface area (Å²) in [5, 5.41) is 15.0. The molecule has 0 saturated carbocycles. The van der Waals surface area contributed by atoms with E-state index in [0.29, 0.717) is 11.5 Å². The average molecular weight is 413 g/mol. The van der Waals surface area contributed by atoms with Crippen LogP contribution >= 0.6 is 11.3 Å². The van der Waals surface area contributed by atoms with E-state index in [9.17, 15) is 9.90 Å². The number of carbonyl (C=O) groups is 1. The Morgan fingerprint density at radius 3 is 3.00 bits per heavy atom. The minimum absolute atomic E-state index is 0.108. The molecule has 0 spiro atoms. The van der Waals surface area contributed by atoms with E-state index in [-0.39, 0.29) is 24.7 Å². The fourth-order valence-electron chi connectivity index (χ4n) is 3.31. The van der Waals surface area contributed by atoms with E-state index in [0.717, 1.165) is 28.2 Å². The third-order valence-corrected chi connectivity index (χ3v) is 5.69. The lowest BCUT2D eigenvalue weighted by molar-refractivity contribution is -0.123. The topological polar surface area (TPSA) is 80.9 Å². The lowest BCUT2D eigenvalue weighted by atomic mass is 10.0. The normalized spacial score (nSPS) is 15.4. The van der Waals surface area contributed by atoms with Crippen LogP contribution in [0.15, 0.2) is 52.5 Å². The molecule has 0 fully saturated rings. The fraction of sp³-hybridized carbons (Fsp3) is 0.318. The first-order chi connectivity index (χ1) is 13.9. The number of fused-ring (bicyclic) bond motifs is 1. The highest BCUT2D eigenvalue weighted by atomic mass is 32.1. The molecule has 0 radical (unpaired) electrons. The number of carbonyl (C=O) groups excluding carboxylic acids is 1. The van der Waals surface area contributed by atoms with Gasteiger partial charge in [-0.1, -0.05) is 12.1 Å². The second kappa shape index (κ2) is 7.93. The molecular weight excluding hydrogens is 390 g/mol. The molecule has 1 unspecified atom stereocenters. The monoisotopic (exact) mass is 413 g/mol. The first-order valence-corrected chi connectivity index (χ1v) is 10.3. The number of hydrogen-bond acceptors (Lipinski definition) is 6. The molecular formula is C22H23NO5S. The molecule has 1 aromatic carbocycles. The maximum Gasteiger partial charge on any atom is 0.258 e. The van der Waals surface area contributed by atoms with Gasteiger partial charge >= 0.3 is 0 Å². The van der Waals surface area contributed by atoms with Gasteiger partial charge in [0.25, 0.3) is 5.91 Å². The number of ether oxygens (including phenoxy) is 2. The van der Waals surface area contributed by atoms with Crippen molar-refractivity contribution in [2.75, 3.05) is 13.2 Å². The van der Waals surface area contributed by atoms with Crippen LogP contribution in [0.1, 0.15) is 30.4 Å². The largest absolute Gasteiger partial charge is 0.483 e. The summed E-state index contributed by atoms with van der Waals surface area (Å²) in [6.45, 7) is 4.01. The van der Waals surface area contributed by atoms with Gasteiger partial charge in [-0.3, -0.25) is 4.79 Å². The van der Waals surface area contributed by atoms with Crippen LogP contribution in [-0.4, -0.2) is 29.8 Å². The number of furan rings is 1. The van der Waals surface area contributed by atoms with E-state index in [1.807, 2.05) is 49.6 Å². The molecule has 1 aliphatic rings. The number of amides is 1. The van der Waals surface area contributed by atoms with Crippen LogP contribution < -0.4 is 14.8 Å². The van der Waals surface area contributed by atoms with E-state index < -0.39 is 6.10 Å². The molecule has 4 rings (SSSR count). The van der Waals surface area contributed by atoms with Crippen LogP contribution in [0.4, 0.5) is 0 Å². The molecule has 2 aromatic heterocycles. The van der Waals surface area contributed by atoms with Crippen LogP contribution in [0, 0.1) is 0 Å². The van der Waals surface area contributed by atoms with Crippen molar-refractivity contribution < 1.29 is 23.8 Å². The number of benzene rings is 1. The van der Waals surface area contributed by atoms with E-state index >= 15 is 0 Å². The smallest absolute Gasteiger partial charge is 0.258 e. The van der Waals surface area contributed by atoms with Gasteiger partial charge in [-0.25, -0.2) is 0 Å². The average Bonchev–Trinajstić information content (AvgIpc) is 3.41. The predicted molar refractivity (Wildman–Crippen MR) is 110 cm³/mol. The molecule has 152 valence electrons. The summed E-state index contributed by atoms with van der Waals surface area (Å²) in [6.07, 6.45) is 1.62. The van der Waals surface area contributed by atoms with Crippen LogP contribution in [0.3, 0.4) is 0 Å². The van der Waals surface area contributed by atoms with Crippen molar-refractivity contribution in [3.8, 4) is 22.8 Å². The van der Waals surface area contributed by atoms with Crippen molar-refractivity contribution in [3.05, 3.63) is 58.5 Å². The second-order valence-electron chi connectivity index (χ2n) is 7.61. The quantitative estimate of drug-likeness (QED) is 0.613. The molecule has 0 aliphatic carbocycles. The van der Waals surface area contributed by atoms with Gasteiger partial charge in [-0.05, 0) is 38.1 Å². The standard InChI is InChI=1S/C22H23NO5S/c1-22(2)10-14-5-3-6-18(21(14)28-22)27-12-20(25)23-11-16(24)19-9-15(13-29-19)17-7-4-8-26-17/h3-9,13,16,24H,10-12H2,1-2H3,(H,23,25). The van der Waals surface area contributed by atoms with Crippen LogP contribution in [0.25, 0.3) is 11.3 Å². The molecule has 1 amide bonds. The molecule has 3 heterocycles. The van der Waals surface area contributed by atoms with Gasteiger partial charge in [0.15, 0.2) is 18.1 Å². The zero-order valence-electron chi connectivity index (χ0n) is 16.3. The van der Waals surface area contributed by atoms with Crippen molar-refractivity contribution in [3.63, 3.8) is 0 Å². The van der Waals surface area contributed by atoms with Gasteiger partial charge in [0.2, 0.25) is 0 Å². The number of hydrogen-bond donors (Lipinski definition) is 2. The zero-order valence-corrected chi connectivity index (χ0v) is 17.1. The molecule has 1 atom stereocenters. The summed E-state index contributed by atoms with van der Waals surface area (Å²) < 4.78 is 17.0. The van der Waals surface area contributed by atoms with Gasteiger partial charge in [0, 0.05) is 34.3 Å². The summed E-state index contributed by atoms with van der Waals surface area (Å²) in [5.41, 5.74) is 1.71. The first kappa shape index (κ1) is 19.5. The molecule has 6 nitrogen and oxygen atoms in total. The van der Waals surface area contributed by atoms with Crippen molar-refractivity contribution >= 4 is 17.2 Å². The number of thiophene rings is 1. The number of aliphatic hydroxyl groups is 1. The molecule has 29 heavy (non-hydrogen) atoms. The molecule has 0 saturated heterocycles. The number of aliphatic hydroxyl groups excluding tert-OH is 1. The number of rotatable bonds is 7. The SMILES string of the molecule is CC1(C)Cc2cccc(OCC(=O)NCC(O)c3cc(-c4ccco4)cs3)c2O1. The van der Waals surface area contributed by atoms with E-state index in [2.05, 4.69) is 5.32 Å². The molecule has 2 N–H and O–H groups in total. The van der Waals surface area contributed by atoms with Crippen molar-refractivity contribution in [1.82, 2.24) is 5.32 Å².